The van der Waals surface area contributed by atoms with E-state index in [1.165, 1.54) is 0 Å². The Labute approximate surface area is 187 Å². The summed E-state index contributed by atoms with van der Waals surface area (Å²) in [5, 5.41) is 1.02. The lowest BCUT2D eigenvalue weighted by Gasteiger charge is -2.34. The molecule has 4 aromatic rings. The van der Waals surface area contributed by atoms with Gasteiger partial charge in [0.2, 0.25) is 0 Å². The summed E-state index contributed by atoms with van der Waals surface area (Å²) < 4.78 is 7.48. The van der Waals surface area contributed by atoms with Crippen molar-refractivity contribution in [3.8, 4) is 17.1 Å². The molecule has 0 saturated carbocycles. The van der Waals surface area contributed by atoms with Gasteiger partial charge in [0.15, 0.2) is 0 Å². The van der Waals surface area contributed by atoms with Gasteiger partial charge >= 0.3 is 0 Å². The summed E-state index contributed by atoms with van der Waals surface area (Å²) in [5.74, 6) is 1.83. The number of hydrogen-bond acceptors (Lipinski definition) is 4. The smallest absolute Gasteiger partial charge is 0.270 e. The van der Waals surface area contributed by atoms with Gasteiger partial charge in [-0.3, -0.25) is 9.69 Å². The maximum Gasteiger partial charge on any atom is 0.270 e. The molecular formula is C25H27N5O2. The van der Waals surface area contributed by atoms with Crippen LogP contribution in [0.4, 0.5) is 0 Å². The Balaban J connectivity index is 1.17. The lowest BCUT2D eigenvalue weighted by atomic mass is 10.2. The van der Waals surface area contributed by atoms with Crippen molar-refractivity contribution in [2.24, 2.45) is 0 Å². The number of carbonyl (C=O) groups excluding carboxylic acids is 1. The summed E-state index contributed by atoms with van der Waals surface area (Å²) in [6, 6.07) is 18.0. The van der Waals surface area contributed by atoms with Crippen LogP contribution < -0.4 is 4.74 Å². The summed E-state index contributed by atoms with van der Waals surface area (Å²) in [7, 11) is 1.64. The number of rotatable bonds is 6. The van der Waals surface area contributed by atoms with Crippen LogP contribution in [0.15, 0.2) is 67.0 Å². The van der Waals surface area contributed by atoms with Gasteiger partial charge < -0.3 is 19.2 Å². The minimum absolute atomic E-state index is 0.0563. The second kappa shape index (κ2) is 8.88. The van der Waals surface area contributed by atoms with Crippen molar-refractivity contribution >= 4 is 16.8 Å². The second-order valence-electron chi connectivity index (χ2n) is 8.08. The topological polar surface area (TPSA) is 66.4 Å². The number of aromatic amines is 1. The van der Waals surface area contributed by atoms with Crippen molar-refractivity contribution in [1.82, 2.24) is 24.3 Å². The molecule has 5 rings (SSSR count). The average molecular weight is 430 g/mol. The van der Waals surface area contributed by atoms with Crippen LogP contribution >= 0.6 is 0 Å². The fourth-order valence-corrected chi connectivity index (χ4v) is 4.28. The number of amides is 1. The molecule has 1 saturated heterocycles. The van der Waals surface area contributed by atoms with E-state index < -0.39 is 0 Å². The van der Waals surface area contributed by atoms with Crippen molar-refractivity contribution in [2.75, 3.05) is 39.8 Å². The van der Waals surface area contributed by atoms with Gasteiger partial charge in [0, 0.05) is 74.2 Å². The fraction of sp³-hybridized carbons (Fsp3) is 0.280. The number of nitrogens with one attached hydrogen (secondary N) is 1. The lowest BCUT2D eigenvalue weighted by Crippen LogP contribution is -2.49. The van der Waals surface area contributed by atoms with E-state index >= 15 is 0 Å². The van der Waals surface area contributed by atoms with Crippen LogP contribution in [0.1, 0.15) is 10.5 Å². The zero-order valence-electron chi connectivity index (χ0n) is 18.2. The summed E-state index contributed by atoms with van der Waals surface area (Å²) in [6.07, 6.45) is 3.89. The standard InChI is InChI=1S/C25H27N5O2/c1-32-21-8-7-20-17-23(27-22(20)18-21)25(31)30-15-12-28(13-16-30)11-14-29-10-9-26-24(29)19-5-3-2-4-6-19/h2-10,17-18,27H,11-16H2,1H3. The molecule has 2 aromatic carbocycles. The van der Waals surface area contributed by atoms with E-state index in [2.05, 4.69) is 31.6 Å². The Morgan fingerprint density at radius 2 is 1.84 bits per heavy atom. The molecular weight excluding hydrogens is 402 g/mol. The van der Waals surface area contributed by atoms with E-state index in [0.29, 0.717) is 5.69 Å². The van der Waals surface area contributed by atoms with Crippen molar-refractivity contribution in [3.05, 3.63) is 72.7 Å². The summed E-state index contributed by atoms with van der Waals surface area (Å²) >= 11 is 0. The minimum atomic E-state index is 0.0563. The number of hydrogen-bond donors (Lipinski definition) is 1. The Bertz CT molecular complexity index is 1210. The Morgan fingerprint density at radius 1 is 1.03 bits per heavy atom. The van der Waals surface area contributed by atoms with E-state index in [1.807, 2.05) is 59.8 Å². The van der Waals surface area contributed by atoms with Gasteiger partial charge in [0.25, 0.3) is 5.91 Å². The van der Waals surface area contributed by atoms with Crippen LogP contribution in [0.3, 0.4) is 0 Å². The number of aromatic nitrogens is 3. The highest BCUT2D eigenvalue weighted by Crippen LogP contribution is 2.22. The first-order chi connectivity index (χ1) is 15.7. The number of H-pyrrole nitrogens is 1. The van der Waals surface area contributed by atoms with Gasteiger partial charge in [0.1, 0.15) is 17.3 Å². The quantitative estimate of drug-likeness (QED) is 0.510. The molecule has 1 N–H and O–H groups in total. The van der Waals surface area contributed by atoms with Gasteiger partial charge in [-0.25, -0.2) is 4.98 Å². The average Bonchev–Trinajstić information content (AvgIpc) is 3.49. The third-order valence-corrected chi connectivity index (χ3v) is 6.12. The molecule has 2 aromatic heterocycles. The Morgan fingerprint density at radius 3 is 2.62 bits per heavy atom. The fourth-order valence-electron chi connectivity index (χ4n) is 4.28. The van der Waals surface area contributed by atoms with Crippen LogP contribution in [0.5, 0.6) is 5.75 Å². The maximum atomic E-state index is 13.0. The summed E-state index contributed by atoms with van der Waals surface area (Å²) in [4.78, 5) is 25.1. The van der Waals surface area contributed by atoms with Crippen LogP contribution in [-0.4, -0.2) is 70.1 Å². The van der Waals surface area contributed by atoms with Crippen LogP contribution in [0.25, 0.3) is 22.3 Å². The van der Waals surface area contributed by atoms with Crippen LogP contribution in [-0.2, 0) is 6.54 Å². The molecule has 1 aliphatic rings. The van der Waals surface area contributed by atoms with Crippen molar-refractivity contribution in [1.29, 1.82) is 0 Å². The number of imidazole rings is 1. The summed E-state index contributed by atoms with van der Waals surface area (Å²) in [6.45, 7) is 5.01. The highest BCUT2D eigenvalue weighted by atomic mass is 16.5. The first-order valence-electron chi connectivity index (χ1n) is 11.0. The van der Waals surface area contributed by atoms with Crippen molar-refractivity contribution in [2.45, 2.75) is 6.54 Å². The van der Waals surface area contributed by atoms with Gasteiger partial charge in [-0.05, 0) is 18.2 Å². The van der Waals surface area contributed by atoms with Gasteiger partial charge in [-0.15, -0.1) is 0 Å². The van der Waals surface area contributed by atoms with Crippen LogP contribution in [0.2, 0.25) is 0 Å². The van der Waals surface area contributed by atoms with Gasteiger partial charge in [-0.1, -0.05) is 30.3 Å². The number of carbonyl (C=O) groups is 1. The molecule has 1 aliphatic heterocycles. The molecule has 1 fully saturated rings. The monoisotopic (exact) mass is 429 g/mol. The predicted octanol–water partition coefficient (Wildman–Crippen LogP) is 3.50. The zero-order chi connectivity index (χ0) is 21.9. The lowest BCUT2D eigenvalue weighted by molar-refractivity contribution is 0.0628. The molecule has 0 unspecified atom stereocenters. The van der Waals surface area contributed by atoms with E-state index in [-0.39, 0.29) is 5.91 Å². The maximum absolute atomic E-state index is 13.0. The van der Waals surface area contributed by atoms with Crippen LogP contribution in [0, 0.1) is 0 Å². The molecule has 0 bridgehead atoms. The van der Waals surface area contributed by atoms with Gasteiger partial charge in [0.05, 0.1) is 7.11 Å². The molecule has 3 heterocycles. The van der Waals surface area contributed by atoms with Crippen molar-refractivity contribution < 1.29 is 9.53 Å². The molecule has 164 valence electrons. The third-order valence-electron chi connectivity index (χ3n) is 6.12. The van der Waals surface area contributed by atoms with E-state index in [0.717, 1.165) is 67.3 Å². The normalized spacial score (nSPS) is 14.7. The predicted molar refractivity (Wildman–Crippen MR) is 125 cm³/mol. The molecule has 1 amide bonds. The first kappa shape index (κ1) is 20.3. The molecule has 7 heteroatoms. The molecule has 0 spiro atoms. The third kappa shape index (κ3) is 4.11. The summed E-state index contributed by atoms with van der Waals surface area (Å²) in [5.41, 5.74) is 2.68. The van der Waals surface area contributed by atoms with Gasteiger partial charge in [-0.2, -0.15) is 0 Å². The highest BCUT2D eigenvalue weighted by Gasteiger charge is 2.23. The van der Waals surface area contributed by atoms with Crippen molar-refractivity contribution in [3.63, 3.8) is 0 Å². The zero-order valence-corrected chi connectivity index (χ0v) is 18.2. The number of benzene rings is 2. The Hall–Kier alpha value is -3.58. The minimum Gasteiger partial charge on any atom is -0.497 e. The molecule has 0 aliphatic carbocycles. The number of piperazine rings is 1. The number of fused-ring (bicyclic) bond motifs is 1. The second-order valence-corrected chi connectivity index (χ2v) is 8.08. The highest BCUT2D eigenvalue weighted by molar-refractivity contribution is 5.98. The van der Waals surface area contributed by atoms with E-state index in [9.17, 15) is 4.79 Å². The van der Waals surface area contributed by atoms with E-state index in [4.69, 9.17) is 4.74 Å². The SMILES string of the molecule is COc1ccc2cc(C(=O)N3CCN(CCn4ccnc4-c4ccccc4)CC3)[nH]c2c1. The number of ether oxygens (including phenoxy) is 1. The van der Waals surface area contributed by atoms with E-state index in [1.54, 1.807) is 7.11 Å². The number of methoxy groups -OCH3 is 1. The Kier molecular flexibility index (Phi) is 5.64. The number of nitrogens with zero attached hydrogens (tertiary/aromatic N) is 4. The molecule has 32 heavy (non-hydrogen) atoms. The molecule has 7 nitrogen and oxygen atoms in total. The molecule has 0 radical (unpaired) electrons. The molecule has 0 atom stereocenters. The largest absolute Gasteiger partial charge is 0.497 e. The first-order valence-corrected chi connectivity index (χ1v) is 11.0.